The molecular formula is C10H13AlO2. The Hall–Kier alpha value is -0.908. The molecule has 0 aliphatic rings. The van der Waals surface area contributed by atoms with E-state index in [2.05, 4.69) is 0 Å². The number of Topliss-reactive ketones (excluding diaryl/α,β-unsaturated/α-hetero) is 2. The van der Waals surface area contributed by atoms with Crippen molar-refractivity contribution in [1.82, 2.24) is 0 Å². The van der Waals surface area contributed by atoms with Gasteiger partial charge in [-0.2, -0.15) is 0 Å². The van der Waals surface area contributed by atoms with Crippen LogP contribution in [0.4, 0.5) is 0 Å². The van der Waals surface area contributed by atoms with E-state index >= 15 is 0 Å². The number of rotatable bonds is 3. The van der Waals surface area contributed by atoms with E-state index in [1.54, 1.807) is 24.3 Å². The molecule has 3 heteroatoms. The summed E-state index contributed by atoms with van der Waals surface area (Å²) in [5, 5.41) is 0. The van der Waals surface area contributed by atoms with Crippen LogP contribution in [0.25, 0.3) is 0 Å². The molecule has 1 rings (SSSR count). The summed E-state index contributed by atoms with van der Waals surface area (Å²) >= 11 is 0. The molecule has 0 aliphatic heterocycles. The van der Waals surface area contributed by atoms with Crippen LogP contribution in [0.3, 0.4) is 0 Å². The molecule has 0 amide bonds. The molecule has 2 nitrogen and oxygen atoms in total. The van der Waals surface area contributed by atoms with Gasteiger partial charge in [-0.05, 0) is 6.92 Å². The Bertz CT molecular complexity index is 293. The second kappa shape index (κ2) is 5.69. The summed E-state index contributed by atoms with van der Waals surface area (Å²) in [5.74, 6) is -0.202. The number of benzene rings is 1. The Labute approximate surface area is 88.1 Å². The van der Waals surface area contributed by atoms with Crippen LogP contribution < -0.4 is 0 Å². The number of ketones is 2. The van der Waals surface area contributed by atoms with E-state index in [9.17, 15) is 9.59 Å². The van der Waals surface area contributed by atoms with Gasteiger partial charge in [-0.3, -0.25) is 9.59 Å². The zero-order chi connectivity index (χ0) is 8.97. The number of carbonyl (C=O) groups excluding carboxylic acids is 2. The Morgan fingerprint density at radius 2 is 1.69 bits per heavy atom. The topological polar surface area (TPSA) is 34.1 Å². The van der Waals surface area contributed by atoms with Crippen LogP contribution >= 0.6 is 0 Å². The highest BCUT2D eigenvalue weighted by atomic mass is 27.0. The van der Waals surface area contributed by atoms with E-state index in [1.165, 1.54) is 6.92 Å². The first-order chi connectivity index (χ1) is 5.70. The fourth-order valence-electron chi connectivity index (χ4n) is 0.952. The summed E-state index contributed by atoms with van der Waals surface area (Å²) in [7, 11) is 0. The first kappa shape index (κ1) is 12.1. The number of hydrogen-bond acceptors (Lipinski definition) is 2. The van der Waals surface area contributed by atoms with E-state index in [0.717, 1.165) is 0 Å². The molecule has 0 aromatic heterocycles. The van der Waals surface area contributed by atoms with Crippen molar-refractivity contribution in [1.29, 1.82) is 0 Å². The predicted octanol–water partition coefficient (Wildman–Crippen LogP) is 0.664. The zero-order valence-corrected chi connectivity index (χ0v) is 6.91. The van der Waals surface area contributed by atoms with Crippen molar-refractivity contribution in [3.63, 3.8) is 0 Å². The summed E-state index contributed by atoms with van der Waals surface area (Å²) in [6.07, 6.45) is 0.00398. The maximum atomic E-state index is 11.2. The van der Waals surface area contributed by atoms with Crippen LogP contribution in [0.15, 0.2) is 30.3 Å². The van der Waals surface area contributed by atoms with Gasteiger partial charge < -0.3 is 0 Å². The molecule has 0 saturated heterocycles. The minimum Gasteiger partial charge on any atom is -0.300 e. The third kappa shape index (κ3) is 4.03. The van der Waals surface area contributed by atoms with Crippen LogP contribution in [0.2, 0.25) is 0 Å². The molecule has 0 aliphatic carbocycles. The second-order valence-corrected chi connectivity index (χ2v) is 2.67. The molecule has 0 bridgehead atoms. The fraction of sp³-hybridized carbons (Fsp3) is 0.200. The molecule has 0 unspecified atom stereocenters. The summed E-state index contributed by atoms with van der Waals surface area (Å²) in [5.41, 5.74) is 0.604. The molecule has 1 aromatic carbocycles. The maximum Gasteiger partial charge on any atom is 0.187 e. The first-order valence-corrected chi connectivity index (χ1v) is 3.78. The van der Waals surface area contributed by atoms with Gasteiger partial charge in [0, 0.05) is 5.56 Å². The van der Waals surface area contributed by atoms with Crippen LogP contribution in [-0.2, 0) is 4.79 Å². The molecule has 0 saturated carbocycles. The Balaban J connectivity index is 0.00000144. The lowest BCUT2D eigenvalue weighted by Crippen LogP contribution is -2.04. The monoisotopic (exact) mass is 192 g/mol. The third-order valence-electron chi connectivity index (χ3n) is 1.51. The quantitative estimate of drug-likeness (QED) is 0.400. The smallest absolute Gasteiger partial charge is 0.187 e. The summed E-state index contributed by atoms with van der Waals surface area (Å²) < 4.78 is 0. The normalized spacial score (nSPS) is 8.69. The van der Waals surface area contributed by atoms with Gasteiger partial charge in [-0.1, -0.05) is 30.3 Å². The van der Waals surface area contributed by atoms with Gasteiger partial charge >= 0.3 is 0 Å². The van der Waals surface area contributed by atoms with Crippen LogP contribution in [0, 0.1) is 0 Å². The van der Waals surface area contributed by atoms with Crippen molar-refractivity contribution in [2.45, 2.75) is 13.3 Å². The highest BCUT2D eigenvalue weighted by Gasteiger charge is 2.06. The molecular weight excluding hydrogens is 179 g/mol. The lowest BCUT2D eigenvalue weighted by Gasteiger charge is -1.95. The zero-order valence-electron chi connectivity index (χ0n) is 6.91. The van der Waals surface area contributed by atoms with E-state index in [0.29, 0.717) is 5.56 Å². The SMILES string of the molecule is CC(=O)CC(=O)c1ccccc1.[AlH3]. The summed E-state index contributed by atoms with van der Waals surface area (Å²) in [6.45, 7) is 1.42. The highest BCUT2D eigenvalue weighted by molar-refractivity contribution is 6.07. The van der Waals surface area contributed by atoms with Crippen molar-refractivity contribution in [2.75, 3.05) is 0 Å². The Kier molecular flexibility index (Phi) is 5.29. The average Bonchev–Trinajstić information content (AvgIpc) is 2.05. The van der Waals surface area contributed by atoms with Gasteiger partial charge in [0.1, 0.15) is 5.78 Å². The van der Waals surface area contributed by atoms with Crippen molar-refractivity contribution in [2.24, 2.45) is 0 Å². The summed E-state index contributed by atoms with van der Waals surface area (Å²) in [4.78, 5) is 21.8. The van der Waals surface area contributed by atoms with Crippen LogP contribution in [0.1, 0.15) is 23.7 Å². The number of hydrogen-bond donors (Lipinski definition) is 0. The van der Waals surface area contributed by atoms with E-state index in [1.807, 2.05) is 6.07 Å². The lowest BCUT2D eigenvalue weighted by atomic mass is 10.1. The van der Waals surface area contributed by atoms with Gasteiger partial charge in [0.05, 0.1) is 6.42 Å². The van der Waals surface area contributed by atoms with E-state index in [4.69, 9.17) is 0 Å². The van der Waals surface area contributed by atoms with Gasteiger partial charge in [-0.25, -0.2) is 0 Å². The molecule has 0 fully saturated rings. The maximum absolute atomic E-state index is 11.2. The average molecular weight is 192 g/mol. The molecule has 0 N–H and O–H groups in total. The fourth-order valence-corrected chi connectivity index (χ4v) is 0.952. The highest BCUT2D eigenvalue weighted by Crippen LogP contribution is 2.02. The van der Waals surface area contributed by atoms with Crippen molar-refractivity contribution < 1.29 is 9.59 Å². The Morgan fingerprint density at radius 3 is 2.15 bits per heavy atom. The largest absolute Gasteiger partial charge is 0.300 e. The summed E-state index contributed by atoms with van der Waals surface area (Å²) in [6, 6.07) is 8.84. The van der Waals surface area contributed by atoms with Gasteiger partial charge in [-0.15, -0.1) is 0 Å². The molecule has 0 spiro atoms. The molecule has 68 valence electrons. The van der Waals surface area contributed by atoms with Gasteiger partial charge in [0.2, 0.25) is 0 Å². The van der Waals surface area contributed by atoms with E-state index in [-0.39, 0.29) is 35.3 Å². The van der Waals surface area contributed by atoms with Crippen molar-refractivity contribution in [3.05, 3.63) is 35.9 Å². The molecule has 0 atom stereocenters. The molecule has 0 heterocycles. The second-order valence-electron chi connectivity index (χ2n) is 2.67. The van der Waals surface area contributed by atoms with E-state index < -0.39 is 0 Å². The minimum atomic E-state index is -0.108. The Morgan fingerprint density at radius 1 is 1.15 bits per heavy atom. The molecule has 0 radical (unpaired) electrons. The standard InChI is InChI=1S/C10H10O2.Al.3H/c1-8(11)7-10(12)9-5-3-2-4-6-9;;;;/h2-6H,7H2,1H3;;;;. The van der Waals surface area contributed by atoms with Gasteiger partial charge in [0.25, 0.3) is 0 Å². The minimum absolute atomic E-state index is 0. The van der Waals surface area contributed by atoms with Crippen LogP contribution in [0.5, 0.6) is 0 Å². The molecule has 13 heavy (non-hydrogen) atoms. The number of carbonyl (C=O) groups is 2. The van der Waals surface area contributed by atoms with Crippen molar-refractivity contribution in [3.8, 4) is 0 Å². The van der Waals surface area contributed by atoms with Crippen molar-refractivity contribution >= 4 is 28.9 Å². The molecule has 1 aromatic rings. The van der Waals surface area contributed by atoms with Crippen LogP contribution in [-0.4, -0.2) is 28.9 Å². The predicted molar refractivity (Wildman–Crippen MR) is 56.0 cm³/mol. The van der Waals surface area contributed by atoms with Gasteiger partial charge in [0.15, 0.2) is 23.1 Å². The lowest BCUT2D eigenvalue weighted by molar-refractivity contribution is -0.116. The third-order valence-corrected chi connectivity index (χ3v) is 1.51. The first-order valence-electron chi connectivity index (χ1n) is 3.78.